The molecule has 1 fully saturated rings. The molecule has 0 radical (unpaired) electrons. The van der Waals surface area contributed by atoms with E-state index in [1.165, 1.54) is 36.0 Å². The molecular formula is C20H20F2N4O4. The van der Waals surface area contributed by atoms with Crippen LogP contribution in [0.1, 0.15) is 29.4 Å². The molecule has 2 heterocycles. The van der Waals surface area contributed by atoms with Gasteiger partial charge >= 0.3 is 0 Å². The van der Waals surface area contributed by atoms with Crippen molar-refractivity contribution >= 4 is 23.4 Å². The third-order valence-corrected chi connectivity index (χ3v) is 4.87. The van der Waals surface area contributed by atoms with Crippen LogP contribution in [0.3, 0.4) is 0 Å². The van der Waals surface area contributed by atoms with E-state index >= 15 is 0 Å². The number of alkyl halides is 2. The predicted octanol–water partition coefficient (Wildman–Crippen LogP) is 1.99. The molecule has 158 valence electrons. The van der Waals surface area contributed by atoms with Gasteiger partial charge in [0, 0.05) is 42.4 Å². The minimum Gasteiger partial charge on any atom is -0.494 e. The number of methoxy groups -OCH3 is 1. The number of aromatic nitrogens is 1. The topological polar surface area (TPSA) is 106 Å². The molecule has 0 bridgehead atoms. The van der Waals surface area contributed by atoms with Crippen LogP contribution in [0.4, 0.5) is 14.5 Å². The zero-order chi connectivity index (χ0) is 22.0. The molecule has 2 N–H and O–H groups in total. The van der Waals surface area contributed by atoms with Gasteiger partial charge in [-0.05, 0) is 24.3 Å². The Morgan fingerprint density at radius 3 is 2.50 bits per heavy atom. The van der Waals surface area contributed by atoms with Gasteiger partial charge in [-0.3, -0.25) is 19.4 Å². The zero-order valence-corrected chi connectivity index (χ0v) is 16.4. The SMILES string of the molecule is COc1cnc(C(F)F)cc1-c1cc(N2CCN(C(C)=O)CC2=O)ccc1C(N)=O. The molecule has 3 amide bonds. The Kier molecular flexibility index (Phi) is 5.95. The molecule has 10 heteroatoms. The van der Waals surface area contributed by atoms with Crippen LogP contribution in [0.2, 0.25) is 0 Å². The summed E-state index contributed by atoms with van der Waals surface area (Å²) in [6.07, 6.45) is -1.68. The maximum atomic E-state index is 13.2. The first-order chi connectivity index (χ1) is 14.2. The summed E-state index contributed by atoms with van der Waals surface area (Å²) in [5, 5.41) is 0. The smallest absolute Gasteiger partial charge is 0.280 e. The number of hydrogen-bond acceptors (Lipinski definition) is 5. The van der Waals surface area contributed by atoms with Crippen molar-refractivity contribution in [3.8, 4) is 16.9 Å². The molecule has 0 aliphatic carbocycles. The molecule has 30 heavy (non-hydrogen) atoms. The lowest BCUT2D eigenvalue weighted by Crippen LogP contribution is -2.51. The van der Waals surface area contributed by atoms with E-state index in [4.69, 9.17) is 10.5 Å². The second-order valence-corrected chi connectivity index (χ2v) is 6.69. The Morgan fingerprint density at radius 1 is 1.20 bits per heavy atom. The standard InChI is InChI=1S/C20H20F2N4O4/c1-11(27)25-5-6-26(18(28)10-25)12-3-4-13(20(23)29)14(7-12)15-8-16(19(21)22)24-9-17(15)30-2/h3-4,7-9,19H,5-6,10H2,1-2H3,(H2,23,29). The molecule has 1 saturated heterocycles. The third-order valence-electron chi connectivity index (χ3n) is 4.87. The van der Waals surface area contributed by atoms with Crippen LogP contribution >= 0.6 is 0 Å². The summed E-state index contributed by atoms with van der Waals surface area (Å²) in [5.74, 6) is -1.09. The third kappa shape index (κ3) is 4.07. The van der Waals surface area contributed by atoms with Crippen LogP contribution in [0.25, 0.3) is 11.1 Å². The maximum Gasteiger partial charge on any atom is 0.280 e. The number of rotatable bonds is 5. The fraction of sp³-hybridized carbons (Fsp3) is 0.300. The molecule has 0 unspecified atom stereocenters. The van der Waals surface area contributed by atoms with Gasteiger partial charge in [0.05, 0.1) is 13.3 Å². The van der Waals surface area contributed by atoms with Gasteiger partial charge in [-0.15, -0.1) is 0 Å². The number of piperazine rings is 1. The van der Waals surface area contributed by atoms with Crippen molar-refractivity contribution in [3.05, 3.63) is 41.7 Å². The summed E-state index contributed by atoms with van der Waals surface area (Å²) in [6, 6.07) is 5.63. The van der Waals surface area contributed by atoms with Crippen LogP contribution in [0.5, 0.6) is 5.75 Å². The van der Waals surface area contributed by atoms with Crippen LogP contribution in [0.15, 0.2) is 30.5 Å². The summed E-state index contributed by atoms with van der Waals surface area (Å²) in [5.41, 5.74) is 5.96. The Hall–Kier alpha value is -3.56. The first-order valence-electron chi connectivity index (χ1n) is 9.05. The van der Waals surface area contributed by atoms with Gasteiger partial charge in [0.1, 0.15) is 18.0 Å². The normalized spacial score (nSPS) is 14.2. The van der Waals surface area contributed by atoms with Crippen molar-refractivity contribution < 1.29 is 27.9 Å². The van der Waals surface area contributed by atoms with Gasteiger partial charge in [0.25, 0.3) is 6.43 Å². The summed E-state index contributed by atoms with van der Waals surface area (Å²) in [4.78, 5) is 42.6. The largest absolute Gasteiger partial charge is 0.494 e. The fourth-order valence-electron chi connectivity index (χ4n) is 3.30. The van der Waals surface area contributed by atoms with Crippen LogP contribution < -0.4 is 15.4 Å². The Balaban J connectivity index is 2.10. The second kappa shape index (κ2) is 8.44. The van der Waals surface area contributed by atoms with Gasteiger partial charge < -0.3 is 20.3 Å². The number of hydrogen-bond donors (Lipinski definition) is 1. The van der Waals surface area contributed by atoms with Crippen molar-refractivity contribution in [1.29, 1.82) is 0 Å². The molecule has 1 aromatic heterocycles. The monoisotopic (exact) mass is 418 g/mol. The highest BCUT2D eigenvalue weighted by atomic mass is 19.3. The van der Waals surface area contributed by atoms with Gasteiger partial charge in [-0.2, -0.15) is 0 Å². The molecule has 0 saturated carbocycles. The summed E-state index contributed by atoms with van der Waals surface area (Å²) in [7, 11) is 1.35. The zero-order valence-electron chi connectivity index (χ0n) is 16.4. The van der Waals surface area contributed by atoms with E-state index in [0.717, 1.165) is 12.3 Å². The molecule has 2 aromatic rings. The van der Waals surface area contributed by atoms with Gasteiger partial charge in [-0.1, -0.05) is 0 Å². The molecule has 3 rings (SSSR count). The Labute approximate surface area is 171 Å². The summed E-state index contributed by atoms with van der Waals surface area (Å²) in [6.45, 7) is 1.92. The fourth-order valence-corrected chi connectivity index (χ4v) is 3.30. The van der Waals surface area contributed by atoms with Crippen molar-refractivity contribution in [2.24, 2.45) is 5.73 Å². The molecule has 8 nitrogen and oxygen atoms in total. The number of nitrogens with zero attached hydrogens (tertiary/aromatic N) is 3. The average Bonchev–Trinajstić information content (AvgIpc) is 2.72. The molecular weight excluding hydrogens is 398 g/mol. The van der Waals surface area contributed by atoms with E-state index in [1.54, 1.807) is 6.07 Å². The number of primary amides is 1. The van der Waals surface area contributed by atoms with Crippen LogP contribution in [0, 0.1) is 0 Å². The predicted molar refractivity (Wildman–Crippen MR) is 104 cm³/mol. The van der Waals surface area contributed by atoms with Crippen molar-refractivity contribution in [2.75, 3.05) is 31.6 Å². The van der Waals surface area contributed by atoms with E-state index < -0.39 is 18.0 Å². The highest BCUT2D eigenvalue weighted by molar-refractivity contribution is 6.03. The van der Waals surface area contributed by atoms with Crippen molar-refractivity contribution in [1.82, 2.24) is 9.88 Å². The van der Waals surface area contributed by atoms with E-state index in [9.17, 15) is 23.2 Å². The number of amides is 3. The van der Waals surface area contributed by atoms with E-state index in [-0.39, 0.29) is 47.3 Å². The molecule has 0 atom stereocenters. The van der Waals surface area contributed by atoms with Crippen molar-refractivity contribution in [2.45, 2.75) is 13.3 Å². The minimum atomic E-state index is -2.82. The number of ether oxygens (including phenoxy) is 1. The van der Waals surface area contributed by atoms with Gasteiger partial charge in [0.15, 0.2) is 0 Å². The number of nitrogens with two attached hydrogens (primary N) is 1. The first kappa shape index (κ1) is 21.2. The number of benzene rings is 1. The first-order valence-corrected chi connectivity index (χ1v) is 9.05. The number of pyridine rings is 1. The molecule has 1 aliphatic rings. The molecule has 1 aliphatic heterocycles. The maximum absolute atomic E-state index is 13.2. The van der Waals surface area contributed by atoms with Crippen LogP contribution in [-0.2, 0) is 9.59 Å². The molecule has 1 aromatic carbocycles. The lowest BCUT2D eigenvalue weighted by Gasteiger charge is -2.34. The Morgan fingerprint density at radius 2 is 1.93 bits per heavy atom. The highest BCUT2D eigenvalue weighted by Gasteiger charge is 2.27. The van der Waals surface area contributed by atoms with Crippen LogP contribution in [-0.4, -0.2) is 54.3 Å². The average molecular weight is 418 g/mol. The van der Waals surface area contributed by atoms with E-state index in [2.05, 4.69) is 4.98 Å². The van der Waals surface area contributed by atoms with E-state index in [1.807, 2.05) is 0 Å². The molecule has 0 spiro atoms. The second-order valence-electron chi connectivity index (χ2n) is 6.69. The van der Waals surface area contributed by atoms with Crippen molar-refractivity contribution in [3.63, 3.8) is 0 Å². The minimum absolute atomic E-state index is 0.0731. The number of carbonyl (C=O) groups is 3. The summed E-state index contributed by atoms with van der Waals surface area (Å²) >= 11 is 0. The Bertz CT molecular complexity index is 1010. The lowest BCUT2D eigenvalue weighted by molar-refractivity contribution is -0.135. The van der Waals surface area contributed by atoms with Gasteiger partial charge in [-0.25, -0.2) is 8.78 Å². The highest BCUT2D eigenvalue weighted by Crippen LogP contribution is 2.36. The lowest BCUT2D eigenvalue weighted by atomic mass is 9.97. The number of anilines is 1. The van der Waals surface area contributed by atoms with E-state index in [0.29, 0.717) is 12.2 Å². The number of halogens is 2. The number of carbonyl (C=O) groups excluding carboxylic acids is 3. The quantitative estimate of drug-likeness (QED) is 0.799. The summed E-state index contributed by atoms with van der Waals surface area (Å²) < 4.78 is 31.6. The van der Waals surface area contributed by atoms with Gasteiger partial charge in [0.2, 0.25) is 17.7 Å².